The van der Waals surface area contributed by atoms with Gasteiger partial charge in [0.1, 0.15) is 5.75 Å². The minimum absolute atomic E-state index is 0.00294. The van der Waals surface area contributed by atoms with Gasteiger partial charge in [0.25, 0.3) is 5.91 Å². The fraction of sp³-hybridized carbons (Fsp3) is 0.158. The number of para-hydroxylation sites is 1. The number of aryl methyl sites for hydroxylation is 1. The van der Waals surface area contributed by atoms with Crippen molar-refractivity contribution in [2.24, 2.45) is 0 Å². The van der Waals surface area contributed by atoms with Gasteiger partial charge < -0.3 is 10.1 Å². The van der Waals surface area contributed by atoms with Gasteiger partial charge in [0.05, 0.1) is 17.8 Å². The van der Waals surface area contributed by atoms with Crippen molar-refractivity contribution < 1.29 is 9.53 Å². The molecule has 1 aromatic heterocycles. The molecule has 4 heteroatoms. The monoisotopic (exact) mass is 306 g/mol. The highest BCUT2D eigenvalue weighted by Crippen LogP contribution is 2.13. The number of carbonyl (C=O) groups is 1. The number of nitrogens with one attached hydrogen (secondary N) is 1. The van der Waals surface area contributed by atoms with Gasteiger partial charge in [-0.05, 0) is 36.8 Å². The van der Waals surface area contributed by atoms with Crippen LogP contribution in [-0.4, -0.2) is 17.5 Å². The van der Waals surface area contributed by atoms with Gasteiger partial charge in [-0.3, -0.25) is 9.78 Å². The van der Waals surface area contributed by atoms with Gasteiger partial charge in [-0.15, -0.1) is 0 Å². The Hall–Kier alpha value is -2.88. The lowest BCUT2D eigenvalue weighted by Crippen LogP contribution is -2.28. The Balaban J connectivity index is 1.53. The number of pyridine rings is 1. The lowest BCUT2D eigenvalue weighted by molar-refractivity contribution is -0.123. The van der Waals surface area contributed by atoms with Crippen molar-refractivity contribution in [1.29, 1.82) is 0 Å². The van der Waals surface area contributed by atoms with E-state index in [2.05, 4.69) is 10.3 Å². The molecule has 4 nitrogen and oxygen atoms in total. The van der Waals surface area contributed by atoms with Gasteiger partial charge in [0.2, 0.25) is 0 Å². The topological polar surface area (TPSA) is 51.2 Å². The summed E-state index contributed by atoms with van der Waals surface area (Å²) >= 11 is 0. The molecule has 3 aromatic rings. The minimum Gasteiger partial charge on any atom is -0.484 e. The Labute approximate surface area is 135 Å². The van der Waals surface area contributed by atoms with Crippen LogP contribution in [-0.2, 0) is 11.3 Å². The van der Waals surface area contributed by atoms with E-state index in [0.717, 1.165) is 22.2 Å². The maximum Gasteiger partial charge on any atom is 0.258 e. The van der Waals surface area contributed by atoms with E-state index in [1.807, 2.05) is 67.6 Å². The van der Waals surface area contributed by atoms with Gasteiger partial charge in [0, 0.05) is 5.39 Å². The zero-order chi connectivity index (χ0) is 16.1. The molecule has 0 radical (unpaired) electrons. The molecular weight excluding hydrogens is 288 g/mol. The van der Waals surface area contributed by atoms with Crippen molar-refractivity contribution in [2.75, 3.05) is 6.61 Å². The molecule has 0 atom stereocenters. The number of hydrogen-bond donors (Lipinski definition) is 1. The van der Waals surface area contributed by atoms with E-state index < -0.39 is 0 Å². The molecule has 0 saturated heterocycles. The molecule has 0 bridgehead atoms. The standard InChI is InChI=1S/C19H18N2O2/c1-14-5-4-7-17(11-14)23-13-19(22)20-12-16-10-9-15-6-2-3-8-18(15)21-16/h2-11H,12-13H2,1H3,(H,20,22). The van der Waals surface area contributed by atoms with Gasteiger partial charge in [-0.1, -0.05) is 36.4 Å². The van der Waals surface area contributed by atoms with Crippen molar-refractivity contribution in [1.82, 2.24) is 10.3 Å². The first-order valence-corrected chi connectivity index (χ1v) is 7.51. The highest BCUT2D eigenvalue weighted by atomic mass is 16.5. The Kier molecular flexibility index (Phi) is 4.52. The summed E-state index contributed by atoms with van der Waals surface area (Å²) in [7, 11) is 0. The van der Waals surface area contributed by atoms with Crippen molar-refractivity contribution in [3.05, 3.63) is 71.9 Å². The number of ether oxygens (including phenoxy) is 1. The molecule has 23 heavy (non-hydrogen) atoms. The lowest BCUT2D eigenvalue weighted by atomic mass is 10.2. The molecule has 0 aliphatic rings. The summed E-state index contributed by atoms with van der Waals surface area (Å²) in [6, 6.07) is 19.5. The Morgan fingerprint density at radius 3 is 2.83 bits per heavy atom. The number of aromatic nitrogens is 1. The summed E-state index contributed by atoms with van der Waals surface area (Å²) in [5, 5.41) is 3.91. The molecule has 0 fully saturated rings. The van der Waals surface area contributed by atoms with E-state index in [4.69, 9.17) is 4.74 Å². The van der Waals surface area contributed by atoms with E-state index in [0.29, 0.717) is 12.3 Å². The van der Waals surface area contributed by atoms with E-state index in [9.17, 15) is 4.79 Å². The summed E-state index contributed by atoms with van der Waals surface area (Å²) < 4.78 is 5.47. The van der Waals surface area contributed by atoms with Crippen molar-refractivity contribution >= 4 is 16.8 Å². The third-order valence-corrected chi connectivity index (χ3v) is 3.48. The maximum absolute atomic E-state index is 11.9. The SMILES string of the molecule is Cc1cccc(OCC(=O)NCc2ccc3ccccc3n2)c1. The highest BCUT2D eigenvalue weighted by molar-refractivity contribution is 5.79. The molecule has 0 spiro atoms. The molecule has 0 aliphatic heterocycles. The summed E-state index contributed by atoms with van der Waals surface area (Å²) in [5.74, 6) is 0.533. The molecule has 0 unspecified atom stereocenters. The number of rotatable bonds is 5. The first-order chi connectivity index (χ1) is 11.2. The van der Waals surface area contributed by atoms with Crippen LogP contribution in [0.15, 0.2) is 60.7 Å². The highest BCUT2D eigenvalue weighted by Gasteiger charge is 2.04. The van der Waals surface area contributed by atoms with Crippen LogP contribution in [0, 0.1) is 6.92 Å². The number of fused-ring (bicyclic) bond motifs is 1. The van der Waals surface area contributed by atoms with E-state index in [1.54, 1.807) is 0 Å². The summed E-state index contributed by atoms with van der Waals surface area (Å²) in [6.07, 6.45) is 0. The van der Waals surface area contributed by atoms with Gasteiger partial charge >= 0.3 is 0 Å². The molecule has 116 valence electrons. The Morgan fingerprint density at radius 2 is 1.96 bits per heavy atom. The summed E-state index contributed by atoms with van der Waals surface area (Å²) in [4.78, 5) is 16.4. The predicted octanol–water partition coefficient (Wildman–Crippen LogP) is 3.24. The molecule has 2 aromatic carbocycles. The van der Waals surface area contributed by atoms with Crippen molar-refractivity contribution in [3.8, 4) is 5.75 Å². The average Bonchev–Trinajstić information content (AvgIpc) is 2.58. The second-order valence-corrected chi connectivity index (χ2v) is 5.38. The molecule has 1 N–H and O–H groups in total. The molecule has 1 heterocycles. The summed E-state index contributed by atoms with van der Waals surface area (Å²) in [5.41, 5.74) is 2.85. The molecular formula is C19H18N2O2. The number of carbonyl (C=O) groups excluding carboxylic acids is 1. The van der Waals surface area contributed by atoms with Crippen LogP contribution in [0.5, 0.6) is 5.75 Å². The maximum atomic E-state index is 11.9. The molecule has 3 rings (SSSR count). The third kappa shape index (κ3) is 4.07. The zero-order valence-electron chi connectivity index (χ0n) is 13.0. The first kappa shape index (κ1) is 15.0. The smallest absolute Gasteiger partial charge is 0.258 e. The van der Waals surface area contributed by atoms with Crippen LogP contribution in [0.3, 0.4) is 0 Å². The summed E-state index contributed by atoms with van der Waals surface area (Å²) in [6.45, 7) is 2.37. The van der Waals surface area contributed by atoms with Crippen LogP contribution < -0.4 is 10.1 Å². The van der Waals surface area contributed by atoms with E-state index in [-0.39, 0.29) is 12.5 Å². The van der Waals surface area contributed by atoms with Crippen molar-refractivity contribution in [3.63, 3.8) is 0 Å². The Bertz CT molecular complexity index is 830. The van der Waals surface area contributed by atoms with Gasteiger partial charge in [-0.2, -0.15) is 0 Å². The molecule has 0 saturated carbocycles. The number of benzene rings is 2. The minimum atomic E-state index is -0.165. The number of hydrogen-bond acceptors (Lipinski definition) is 3. The largest absolute Gasteiger partial charge is 0.484 e. The quantitative estimate of drug-likeness (QED) is 0.787. The zero-order valence-corrected chi connectivity index (χ0v) is 13.0. The van der Waals surface area contributed by atoms with Gasteiger partial charge in [-0.25, -0.2) is 0 Å². The van der Waals surface area contributed by atoms with Gasteiger partial charge in [0.15, 0.2) is 6.61 Å². The fourth-order valence-corrected chi connectivity index (χ4v) is 2.30. The lowest BCUT2D eigenvalue weighted by Gasteiger charge is -2.08. The van der Waals surface area contributed by atoms with E-state index in [1.165, 1.54) is 0 Å². The van der Waals surface area contributed by atoms with Crippen LogP contribution in [0.25, 0.3) is 10.9 Å². The third-order valence-electron chi connectivity index (χ3n) is 3.48. The van der Waals surface area contributed by atoms with Crippen LogP contribution in [0.1, 0.15) is 11.3 Å². The second-order valence-electron chi connectivity index (χ2n) is 5.38. The fourth-order valence-electron chi connectivity index (χ4n) is 2.30. The van der Waals surface area contributed by atoms with E-state index >= 15 is 0 Å². The van der Waals surface area contributed by atoms with Crippen LogP contribution in [0.2, 0.25) is 0 Å². The predicted molar refractivity (Wildman–Crippen MR) is 90.3 cm³/mol. The van der Waals surface area contributed by atoms with Crippen LogP contribution >= 0.6 is 0 Å². The average molecular weight is 306 g/mol. The molecule has 1 amide bonds. The molecule has 0 aliphatic carbocycles. The number of amides is 1. The second kappa shape index (κ2) is 6.92. The normalized spacial score (nSPS) is 10.5. The Morgan fingerprint density at radius 1 is 1.09 bits per heavy atom. The number of nitrogens with zero attached hydrogens (tertiary/aromatic N) is 1. The van der Waals surface area contributed by atoms with Crippen molar-refractivity contribution in [2.45, 2.75) is 13.5 Å². The van der Waals surface area contributed by atoms with Crippen LogP contribution in [0.4, 0.5) is 0 Å². The first-order valence-electron chi connectivity index (χ1n) is 7.51.